The smallest absolute Gasteiger partial charge is 0.0493 e. The Morgan fingerprint density at radius 2 is 1.64 bits per heavy atom. The van der Waals surface area contributed by atoms with Crippen LogP contribution in [0.15, 0.2) is 0 Å². The summed E-state index contributed by atoms with van der Waals surface area (Å²) in [4.78, 5) is 0. The van der Waals surface area contributed by atoms with Crippen molar-refractivity contribution < 1.29 is 10.2 Å². The number of aliphatic hydroxyl groups is 2. The molecule has 3 nitrogen and oxygen atoms in total. The van der Waals surface area contributed by atoms with E-state index in [0.29, 0.717) is 6.54 Å². The van der Waals surface area contributed by atoms with Crippen molar-refractivity contribution >= 4 is 0 Å². The van der Waals surface area contributed by atoms with Crippen LogP contribution in [0.2, 0.25) is 0 Å². The fraction of sp³-hybridized carbons (Fsp3) is 1.00. The Labute approximate surface area is 68.4 Å². The molecule has 0 aromatic heterocycles. The Bertz CT molecular complexity index is 94.8. The first kappa shape index (κ1) is 10.9. The van der Waals surface area contributed by atoms with Gasteiger partial charge in [0.15, 0.2) is 0 Å². The molecule has 0 radical (unpaired) electrons. The van der Waals surface area contributed by atoms with Crippen LogP contribution in [0.1, 0.15) is 20.8 Å². The lowest BCUT2D eigenvalue weighted by Crippen LogP contribution is -2.40. The van der Waals surface area contributed by atoms with Crippen molar-refractivity contribution in [3.63, 3.8) is 0 Å². The van der Waals surface area contributed by atoms with Crippen molar-refractivity contribution in [1.29, 1.82) is 0 Å². The van der Waals surface area contributed by atoms with E-state index in [9.17, 15) is 0 Å². The Kier molecular flexibility index (Phi) is 4.65. The molecular weight excluding hydrogens is 142 g/mol. The van der Waals surface area contributed by atoms with Crippen LogP contribution >= 0.6 is 0 Å². The van der Waals surface area contributed by atoms with Crippen molar-refractivity contribution in [2.75, 3.05) is 19.8 Å². The molecule has 3 heteroatoms. The zero-order chi connectivity index (χ0) is 8.91. The lowest BCUT2D eigenvalue weighted by atomic mass is 10.1. The first-order valence-electron chi connectivity index (χ1n) is 3.96. The second-order valence-electron chi connectivity index (χ2n) is 3.86. The Hall–Kier alpha value is -0.120. The van der Waals surface area contributed by atoms with Gasteiger partial charge in [-0.2, -0.15) is 0 Å². The molecule has 0 rings (SSSR count). The van der Waals surface area contributed by atoms with Crippen molar-refractivity contribution in [3.05, 3.63) is 0 Å². The molecule has 0 aliphatic heterocycles. The number of aliphatic hydroxyl groups excluding tert-OH is 2. The van der Waals surface area contributed by atoms with Gasteiger partial charge in [-0.15, -0.1) is 0 Å². The highest BCUT2D eigenvalue weighted by molar-refractivity contribution is 4.72. The van der Waals surface area contributed by atoms with Crippen LogP contribution < -0.4 is 5.32 Å². The highest BCUT2D eigenvalue weighted by Gasteiger charge is 2.12. The number of hydrogen-bond donors (Lipinski definition) is 3. The summed E-state index contributed by atoms with van der Waals surface area (Å²) in [6.07, 6.45) is 0. The molecule has 0 spiro atoms. The van der Waals surface area contributed by atoms with Crippen LogP contribution in [-0.2, 0) is 0 Å². The molecule has 0 heterocycles. The molecule has 0 amide bonds. The van der Waals surface area contributed by atoms with E-state index in [1.54, 1.807) is 0 Å². The van der Waals surface area contributed by atoms with Gasteiger partial charge in [-0.1, -0.05) is 0 Å². The van der Waals surface area contributed by atoms with Gasteiger partial charge >= 0.3 is 0 Å². The average molecular weight is 161 g/mol. The van der Waals surface area contributed by atoms with E-state index in [-0.39, 0.29) is 24.7 Å². The standard InChI is InChI=1S/C8H19NO2/c1-8(2,3)9-4-7(5-10)6-11/h7,9-11H,4-6H2,1-3H3. The maximum atomic E-state index is 8.72. The topological polar surface area (TPSA) is 52.5 Å². The van der Waals surface area contributed by atoms with Crippen LogP contribution in [0.25, 0.3) is 0 Å². The van der Waals surface area contributed by atoms with Gasteiger partial charge in [0.2, 0.25) is 0 Å². The van der Waals surface area contributed by atoms with Gasteiger partial charge in [-0.3, -0.25) is 0 Å². The van der Waals surface area contributed by atoms with Gasteiger partial charge in [0, 0.05) is 31.2 Å². The third-order valence-electron chi connectivity index (χ3n) is 1.44. The summed E-state index contributed by atoms with van der Waals surface area (Å²) >= 11 is 0. The van der Waals surface area contributed by atoms with Gasteiger partial charge in [-0.05, 0) is 20.8 Å². The molecule has 0 aliphatic carbocycles. The molecule has 11 heavy (non-hydrogen) atoms. The van der Waals surface area contributed by atoms with Gasteiger partial charge in [0.05, 0.1) is 0 Å². The molecule has 0 bridgehead atoms. The van der Waals surface area contributed by atoms with Crippen LogP contribution in [-0.4, -0.2) is 35.5 Å². The van der Waals surface area contributed by atoms with Crippen molar-refractivity contribution in [3.8, 4) is 0 Å². The van der Waals surface area contributed by atoms with E-state index in [0.717, 1.165) is 0 Å². The molecule has 0 fully saturated rings. The average Bonchev–Trinajstić information content (AvgIpc) is 1.88. The van der Waals surface area contributed by atoms with Crippen LogP contribution in [0.3, 0.4) is 0 Å². The number of nitrogens with one attached hydrogen (secondary N) is 1. The zero-order valence-corrected chi connectivity index (χ0v) is 7.59. The SMILES string of the molecule is CC(C)(C)NCC(CO)CO. The third-order valence-corrected chi connectivity index (χ3v) is 1.44. The summed E-state index contributed by atoms with van der Waals surface area (Å²) in [7, 11) is 0. The number of hydrogen-bond acceptors (Lipinski definition) is 3. The van der Waals surface area contributed by atoms with Crippen molar-refractivity contribution in [2.24, 2.45) is 5.92 Å². The Balaban J connectivity index is 3.51. The minimum atomic E-state index is -0.0331. The second kappa shape index (κ2) is 4.70. The monoisotopic (exact) mass is 161 g/mol. The minimum Gasteiger partial charge on any atom is -0.396 e. The molecule has 68 valence electrons. The molecular formula is C8H19NO2. The minimum absolute atomic E-state index is 0.0331. The third kappa shape index (κ3) is 6.28. The highest BCUT2D eigenvalue weighted by atomic mass is 16.3. The lowest BCUT2D eigenvalue weighted by molar-refractivity contribution is 0.142. The quantitative estimate of drug-likeness (QED) is 0.543. The van der Waals surface area contributed by atoms with E-state index in [2.05, 4.69) is 26.1 Å². The molecule has 3 N–H and O–H groups in total. The first-order valence-corrected chi connectivity index (χ1v) is 3.96. The van der Waals surface area contributed by atoms with Crippen LogP contribution in [0.5, 0.6) is 0 Å². The molecule has 0 saturated heterocycles. The summed E-state index contributed by atoms with van der Waals surface area (Å²) in [6.45, 7) is 6.91. The predicted octanol–water partition coefficient (Wildman–Crippen LogP) is -0.0247. The summed E-state index contributed by atoms with van der Waals surface area (Å²) in [6, 6.07) is 0. The largest absolute Gasteiger partial charge is 0.396 e. The molecule has 0 saturated carbocycles. The summed E-state index contributed by atoms with van der Waals surface area (Å²) < 4.78 is 0. The van der Waals surface area contributed by atoms with Crippen molar-refractivity contribution in [2.45, 2.75) is 26.3 Å². The van der Waals surface area contributed by atoms with Crippen LogP contribution in [0.4, 0.5) is 0 Å². The van der Waals surface area contributed by atoms with Crippen LogP contribution in [0, 0.1) is 5.92 Å². The van der Waals surface area contributed by atoms with Gasteiger partial charge < -0.3 is 15.5 Å². The summed E-state index contributed by atoms with van der Waals surface area (Å²) in [5, 5.41) is 20.6. The normalized spacial score (nSPS) is 12.5. The number of rotatable bonds is 4. The van der Waals surface area contributed by atoms with Gasteiger partial charge in [0.25, 0.3) is 0 Å². The lowest BCUT2D eigenvalue weighted by Gasteiger charge is -2.23. The molecule has 0 aromatic carbocycles. The Morgan fingerprint density at radius 3 is 1.91 bits per heavy atom. The van der Waals surface area contributed by atoms with E-state index in [1.165, 1.54) is 0 Å². The van der Waals surface area contributed by atoms with E-state index < -0.39 is 0 Å². The fourth-order valence-electron chi connectivity index (χ4n) is 0.637. The zero-order valence-electron chi connectivity index (χ0n) is 7.59. The first-order chi connectivity index (χ1) is 4.99. The highest BCUT2D eigenvalue weighted by Crippen LogP contribution is 2.00. The van der Waals surface area contributed by atoms with Crippen molar-refractivity contribution in [1.82, 2.24) is 5.32 Å². The van der Waals surface area contributed by atoms with Gasteiger partial charge in [-0.25, -0.2) is 0 Å². The van der Waals surface area contributed by atoms with E-state index in [4.69, 9.17) is 10.2 Å². The molecule has 0 atom stereocenters. The summed E-state index contributed by atoms with van der Waals surface area (Å²) in [5.74, 6) is -0.0331. The second-order valence-corrected chi connectivity index (χ2v) is 3.86. The fourth-order valence-corrected chi connectivity index (χ4v) is 0.637. The van der Waals surface area contributed by atoms with E-state index in [1.807, 2.05) is 0 Å². The maximum absolute atomic E-state index is 8.72. The van der Waals surface area contributed by atoms with Gasteiger partial charge in [0.1, 0.15) is 0 Å². The summed E-state index contributed by atoms with van der Waals surface area (Å²) in [5.41, 5.74) is 0.0581. The van der Waals surface area contributed by atoms with E-state index >= 15 is 0 Å². The Morgan fingerprint density at radius 1 is 1.18 bits per heavy atom. The predicted molar refractivity (Wildman–Crippen MR) is 45.4 cm³/mol. The molecule has 0 aliphatic rings. The maximum Gasteiger partial charge on any atom is 0.0493 e. The molecule has 0 aromatic rings. The molecule has 0 unspecified atom stereocenters.